The van der Waals surface area contributed by atoms with Crippen molar-refractivity contribution in [2.24, 2.45) is 0 Å². The first kappa shape index (κ1) is 24.1. The predicted molar refractivity (Wildman–Crippen MR) is 137 cm³/mol. The van der Waals surface area contributed by atoms with Gasteiger partial charge in [-0.1, -0.05) is 22.0 Å². The first-order valence-electron chi connectivity index (χ1n) is 11.2. The summed E-state index contributed by atoms with van der Waals surface area (Å²) in [7, 11) is 2.99. The molecule has 0 bridgehead atoms. The number of carbonyl (C=O) groups is 2. The highest BCUT2D eigenvalue weighted by Crippen LogP contribution is 2.31. The van der Waals surface area contributed by atoms with Crippen LogP contribution in [0.4, 0.5) is 11.4 Å². The number of nitrogens with zero attached hydrogens (tertiary/aromatic N) is 2. The lowest BCUT2D eigenvalue weighted by Crippen LogP contribution is -2.56. The minimum Gasteiger partial charge on any atom is -0.497 e. The van der Waals surface area contributed by atoms with E-state index in [-0.39, 0.29) is 23.7 Å². The van der Waals surface area contributed by atoms with E-state index in [1.807, 2.05) is 43.3 Å². The Kier molecular flexibility index (Phi) is 7.13. The number of piperazine rings is 1. The molecule has 1 saturated heterocycles. The summed E-state index contributed by atoms with van der Waals surface area (Å²) in [5.41, 5.74) is 2.51. The Balaban J connectivity index is 1.50. The molecular weight excluding hydrogens is 500 g/mol. The summed E-state index contributed by atoms with van der Waals surface area (Å²) in [6.45, 7) is 6.31. The van der Waals surface area contributed by atoms with Gasteiger partial charge >= 0.3 is 5.97 Å². The van der Waals surface area contributed by atoms with E-state index in [1.54, 1.807) is 7.11 Å². The van der Waals surface area contributed by atoms with E-state index in [0.29, 0.717) is 5.69 Å². The maximum absolute atomic E-state index is 13.3. The van der Waals surface area contributed by atoms with Gasteiger partial charge in [0, 0.05) is 52.8 Å². The third kappa shape index (κ3) is 4.76. The zero-order chi connectivity index (χ0) is 24.4. The van der Waals surface area contributed by atoms with Gasteiger partial charge in [-0.2, -0.15) is 0 Å². The van der Waals surface area contributed by atoms with Gasteiger partial charge in [0.2, 0.25) is 5.91 Å². The molecule has 8 nitrogen and oxygen atoms in total. The standard InChI is InChI=1S/C25H29BrN4O4/c1-15-14-29(10-11-30(15)18-6-5-7-19(13-18)33-3)16(2)24(31)28-22-20-12-17(26)8-9-21(20)27-23(22)25(32)34-4/h5-9,12-13,15-16,27H,10-11,14H2,1-4H3,(H,28,31)/t15-,16-/m1/s1. The molecule has 2 N–H and O–H groups in total. The van der Waals surface area contributed by atoms with Crippen LogP contribution < -0.4 is 15.0 Å². The Labute approximate surface area is 207 Å². The van der Waals surface area contributed by atoms with E-state index in [1.165, 1.54) is 7.11 Å². The number of ether oxygens (including phenoxy) is 2. The van der Waals surface area contributed by atoms with Crippen molar-refractivity contribution in [2.45, 2.75) is 25.9 Å². The van der Waals surface area contributed by atoms with Gasteiger partial charge in [0.1, 0.15) is 11.4 Å². The Bertz CT molecular complexity index is 1210. The van der Waals surface area contributed by atoms with Gasteiger partial charge in [0.05, 0.1) is 25.9 Å². The molecule has 1 amide bonds. The number of H-pyrrole nitrogens is 1. The van der Waals surface area contributed by atoms with E-state index in [0.717, 1.165) is 46.4 Å². The molecule has 1 fully saturated rings. The molecule has 1 aliphatic heterocycles. The van der Waals surface area contributed by atoms with Gasteiger partial charge < -0.3 is 24.7 Å². The highest BCUT2D eigenvalue weighted by molar-refractivity contribution is 9.10. The fourth-order valence-corrected chi connectivity index (χ4v) is 4.81. The quantitative estimate of drug-likeness (QED) is 0.464. The molecule has 0 unspecified atom stereocenters. The van der Waals surface area contributed by atoms with Crippen molar-refractivity contribution in [3.05, 3.63) is 52.6 Å². The molecule has 0 saturated carbocycles. The van der Waals surface area contributed by atoms with Crippen molar-refractivity contribution >= 4 is 50.1 Å². The van der Waals surface area contributed by atoms with Crippen LogP contribution in [0.2, 0.25) is 0 Å². The highest BCUT2D eigenvalue weighted by Gasteiger charge is 2.31. The fourth-order valence-electron chi connectivity index (χ4n) is 4.45. The number of anilines is 2. The fraction of sp³-hybridized carbons (Fsp3) is 0.360. The van der Waals surface area contributed by atoms with Crippen molar-refractivity contribution in [3.8, 4) is 5.75 Å². The van der Waals surface area contributed by atoms with Crippen LogP contribution in [0.1, 0.15) is 24.3 Å². The first-order chi connectivity index (χ1) is 16.3. The van der Waals surface area contributed by atoms with Crippen LogP contribution in [0.5, 0.6) is 5.75 Å². The van der Waals surface area contributed by atoms with Crippen LogP contribution in [-0.4, -0.2) is 67.7 Å². The number of benzene rings is 2. The van der Waals surface area contributed by atoms with Crippen LogP contribution >= 0.6 is 15.9 Å². The van der Waals surface area contributed by atoms with Gasteiger partial charge in [0.15, 0.2) is 0 Å². The number of methoxy groups -OCH3 is 2. The lowest BCUT2D eigenvalue weighted by Gasteiger charge is -2.43. The van der Waals surface area contributed by atoms with Crippen LogP contribution in [0.25, 0.3) is 10.9 Å². The Morgan fingerprint density at radius 1 is 1.18 bits per heavy atom. The number of aromatic nitrogens is 1. The van der Waals surface area contributed by atoms with E-state index < -0.39 is 5.97 Å². The number of rotatable bonds is 6. The van der Waals surface area contributed by atoms with E-state index in [9.17, 15) is 9.59 Å². The zero-order valence-electron chi connectivity index (χ0n) is 19.7. The maximum atomic E-state index is 13.3. The normalized spacial score (nSPS) is 17.4. The monoisotopic (exact) mass is 528 g/mol. The molecule has 4 rings (SSSR count). The van der Waals surface area contributed by atoms with E-state index >= 15 is 0 Å². The number of halogens is 1. The summed E-state index contributed by atoms with van der Waals surface area (Å²) < 4.78 is 11.1. The van der Waals surface area contributed by atoms with Crippen molar-refractivity contribution in [2.75, 3.05) is 44.1 Å². The molecule has 2 atom stereocenters. The summed E-state index contributed by atoms with van der Waals surface area (Å²) in [4.78, 5) is 33.2. The van der Waals surface area contributed by atoms with Crippen molar-refractivity contribution in [1.29, 1.82) is 0 Å². The number of aromatic amines is 1. The number of fused-ring (bicyclic) bond motifs is 1. The van der Waals surface area contributed by atoms with Gasteiger partial charge in [-0.15, -0.1) is 0 Å². The third-order valence-corrected chi connectivity index (χ3v) is 6.86. The van der Waals surface area contributed by atoms with Gasteiger partial charge in [0.25, 0.3) is 0 Å². The average molecular weight is 529 g/mol. The van der Waals surface area contributed by atoms with E-state index in [4.69, 9.17) is 9.47 Å². The summed E-state index contributed by atoms with van der Waals surface area (Å²) >= 11 is 3.46. The SMILES string of the molecule is COC(=O)c1[nH]c2ccc(Br)cc2c1NC(=O)[C@@H](C)N1CCN(c2cccc(OC)c2)[C@H](C)C1. The largest absolute Gasteiger partial charge is 0.497 e. The lowest BCUT2D eigenvalue weighted by atomic mass is 10.1. The van der Waals surface area contributed by atoms with Gasteiger partial charge in [-0.05, 0) is 44.2 Å². The second-order valence-corrected chi connectivity index (χ2v) is 9.38. The van der Waals surface area contributed by atoms with Crippen molar-refractivity contribution in [3.63, 3.8) is 0 Å². The molecular formula is C25H29BrN4O4. The molecule has 2 aromatic carbocycles. The van der Waals surface area contributed by atoms with Crippen LogP contribution in [-0.2, 0) is 9.53 Å². The van der Waals surface area contributed by atoms with E-state index in [2.05, 4.69) is 49.0 Å². The number of amides is 1. The summed E-state index contributed by atoms with van der Waals surface area (Å²) in [5, 5.41) is 3.72. The molecule has 3 aromatic rings. The minimum atomic E-state index is -0.532. The zero-order valence-corrected chi connectivity index (χ0v) is 21.3. The first-order valence-corrected chi connectivity index (χ1v) is 12.0. The van der Waals surface area contributed by atoms with Crippen molar-refractivity contribution in [1.82, 2.24) is 9.88 Å². The number of esters is 1. The molecule has 9 heteroatoms. The predicted octanol–water partition coefficient (Wildman–Crippen LogP) is 4.26. The molecule has 0 spiro atoms. The highest BCUT2D eigenvalue weighted by atomic mass is 79.9. The maximum Gasteiger partial charge on any atom is 0.356 e. The van der Waals surface area contributed by atoms with Gasteiger partial charge in [-0.25, -0.2) is 4.79 Å². The van der Waals surface area contributed by atoms with Crippen LogP contribution in [0.15, 0.2) is 46.9 Å². The van der Waals surface area contributed by atoms with Gasteiger partial charge in [-0.3, -0.25) is 9.69 Å². The molecule has 180 valence electrons. The molecule has 34 heavy (non-hydrogen) atoms. The number of nitrogens with one attached hydrogen (secondary N) is 2. The average Bonchev–Trinajstić information content (AvgIpc) is 3.20. The minimum absolute atomic E-state index is 0.173. The Morgan fingerprint density at radius 2 is 1.97 bits per heavy atom. The summed E-state index contributed by atoms with van der Waals surface area (Å²) in [6, 6.07) is 13.5. The molecule has 2 heterocycles. The molecule has 1 aromatic heterocycles. The molecule has 0 radical (unpaired) electrons. The lowest BCUT2D eigenvalue weighted by molar-refractivity contribution is -0.121. The summed E-state index contributed by atoms with van der Waals surface area (Å²) in [6.07, 6.45) is 0. The Morgan fingerprint density at radius 3 is 2.68 bits per heavy atom. The Hall–Kier alpha value is -3.04. The van der Waals surface area contributed by atoms with Crippen LogP contribution in [0.3, 0.4) is 0 Å². The van der Waals surface area contributed by atoms with Crippen LogP contribution in [0, 0.1) is 0 Å². The molecule has 0 aliphatic carbocycles. The smallest absolute Gasteiger partial charge is 0.356 e. The summed E-state index contributed by atoms with van der Waals surface area (Å²) in [5.74, 6) is 0.121. The third-order valence-electron chi connectivity index (χ3n) is 6.37. The van der Waals surface area contributed by atoms with Crippen molar-refractivity contribution < 1.29 is 19.1 Å². The number of carbonyl (C=O) groups excluding carboxylic acids is 2. The second-order valence-electron chi connectivity index (χ2n) is 8.46. The topological polar surface area (TPSA) is 86.9 Å². The number of hydrogen-bond acceptors (Lipinski definition) is 6. The second kappa shape index (κ2) is 10.1. The molecule has 1 aliphatic rings. The number of hydrogen-bond donors (Lipinski definition) is 2.